The number of aryl methyl sites for hydroxylation is 1. The third-order valence-electron chi connectivity index (χ3n) is 3.49. The van der Waals surface area contributed by atoms with Crippen LogP contribution in [0.15, 0.2) is 18.2 Å². The summed E-state index contributed by atoms with van der Waals surface area (Å²) < 4.78 is 5.77. The van der Waals surface area contributed by atoms with Crippen molar-refractivity contribution >= 4 is 11.6 Å². The summed E-state index contributed by atoms with van der Waals surface area (Å²) in [6.45, 7) is 4.02. The van der Waals surface area contributed by atoms with E-state index in [1.807, 2.05) is 18.2 Å². The number of benzene rings is 1. The van der Waals surface area contributed by atoms with Crippen LogP contribution < -0.4 is 10.1 Å². The quantitative estimate of drug-likeness (QED) is 0.680. The zero-order valence-electron chi connectivity index (χ0n) is 11.8. The molecule has 2 nitrogen and oxygen atoms in total. The van der Waals surface area contributed by atoms with Crippen LogP contribution in [0.5, 0.6) is 5.75 Å². The standard InChI is InChI=1S/C16H24ClNO/c1-13-6-7-14(17)12-16(13)19-11-5-3-2-4-10-18-15-8-9-15/h6-7,12,15,18H,2-5,8-11H2,1H3. The molecule has 1 aromatic carbocycles. The molecule has 0 heterocycles. The molecule has 0 saturated heterocycles. The Morgan fingerprint density at radius 2 is 2.00 bits per heavy atom. The molecule has 1 N–H and O–H groups in total. The molecular formula is C16H24ClNO. The maximum absolute atomic E-state index is 5.96. The van der Waals surface area contributed by atoms with Crippen molar-refractivity contribution in [3.05, 3.63) is 28.8 Å². The molecule has 0 unspecified atom stereocenters. The topological polar surface area (TPSA) is 21.3 Å². The van der Waals surface area contributed by atoms with E-state index < -0.39 is 0 Å². The summed E-state index contributed by atoms with van der Waals surface area (Å²) in [6.07, 6.45) is 7.70. The molecule has 0 atom stereocenters. The molecule has 1 fully saturated rings. The molecule has 1 aromatic rings. The zero-order valence-corrected chi connectivity index (χ0v) is 12.5. The van der Waals surface area contributed by atoms with Gasteiger partial charge in [0.15, 0.2) is 0 Å². The molecule has 3 heteroatoms. The molecule has 2 rings (SSSR count). The lowest BCUT2D eigenvalue weighted by atomic mass is 10.2. The van der Waals surface area contributed by atoms with E-state index in [1.165, 1.54) is 38.6 Å². The molecule has 1 saturated carbocycles. The maximum Gasteiger partial charge on any atom is 0.123 e. The van der Waals surface area contributed by atoms with Gasteiger partial charge in [-0.15, -0.1) is 0 Å². The summed E-state index contributed by atoms with van der Waals surface area (Å²) >= 11 is 5.96. The lowest BCUT2D eigenvalue weighted by Gasteiger charge is -2.09. The van der Waals surface area contributed by atoms with Crippen molar-refractivity contribution in [2.45, 2.75) is 51.5 Å². The van der Waals surface area contributed by atoms with Crippen molar-refractivity contribution < 1.29 is 4.74 Å². The Kier molecular flexibility index (Phi) is 5.99. The van der Waals surface area contributed by atoms with Gasteiger partial charge in [0.05, 0.1) is 6.61 Å². The van der Waals surface area contributed by atoms with Crippen LogP contribution in [0.4, 0.5) is 0 Å². The summed E-state index contributed by atoms with van der Waals surface area (Å²) in [5, 5.41) is 4.28. The highest BCUT2D eigenvalue weighted by Crippen LogP contribution is 2.22. The van der Waals surface area contributed by atoms with E-state index in [4.69, 9.17) is 16.3 Å². The van der Waals surface area contributed by atoms with Crippen LogP contribution in [-0.4, -0.2) is 19.2 Å². The van der Waals surface area contributed by atoms with Crippen molar-refractivity contribution in [2.75, 3.05) is 13.2 Å². The molecule has 1 aliphatic rings. The maximum atomic E-state index is 5.96. The van der Waals surface area contributed by atoms with Crippen molar-refractivity contribution in [1.82, 2.24) is 5.32 Å². The predicted molar refractivity (Wildman–Crippen MR) is 81.2 cm³/mol. The predicted octanol–water partition coefficient (Wildman–Crippen LogP) is 4.34. The largest absolute Gasteiger partial charge is 0.493 e. The molecule has 0 aliphatic heterocycles. The summed E-state index contributed by atoms with van der Waals surface area (Å²) in [6, 6.07) is 6.64. The fraction of sp³-hybridized carbons (Fsp3) is 0.625. The van der Waals surface area contributed by atoms with Gasteiger partial charge in [-0.05, 0) is 56.8 Å². The van der Waals surface area contributed by atoms with Gasteiger partial charge in [0.1, 0.15) is 5.75 Å². The van der Waals surface area contributed by atoms with Crippen molar-refractivity contribution in [3.8, 4) is 5.75 Å². The van der Waals surface area contributed by atoms with Gasteiger partial charge < -0.3 is 10.1 Å². The first-order chi connectivity index (χ1) is 9.25. The second-order valence-electron chi connectivity index (χ2n) is 5.40. The molecule has 1 aliphatic carbocycles. The highest BCUT2D eigenvalue weighted by atomic mass is 35.5. The second-order valence-corrected chi connectivity index (χ2v) is 5.84. The van der Waals surface area contributed by atoms with Gasteiger partial charge in [-0.25, -0.2) is 0 Å². The highest BCUT2D eigenvalue weighted by Gasteiger charge is 2.19. The summed E-state index contributed by atoms with van der Waals surface area (Å²) in [5.74, 6) is 0.919. The average Bonchev–Trinajstić information content (AvgIpc) is 3.20. The lowest BCUT2D eigenvalue weighted by Crippen LogP contribution is -2.17. The van der Waals surface area contributed by atoms with E-state index in [9.17, 15) is 0 Å². The van der Waals surface area contributed by atoms with Crippen molar-refractivity contribution in [1.29, 1.82) is 0 Å². The summed E-state index contributed by atoms with van der Waals surface area (Å²) in [4.78, 5) is 0. The Labute approximate surface area is 121 Å². The first kappa shape index (κ1) is 14.7. The smallest absolute Gasteiger partial charge is 0.123 e. The normalized spacial score (nSPS) is 14.6. The van der Waals surface area contributed by atoms with Crippen LogP contribution in [0.3, 0.4) is 0 Å². The van der Waals surface area contributed by atoms with Crippen molar-refractivity contribution in [3.63, 3.8) is 0 Å². The molecular weight excluding hydrogens is 258 g/mol. The Morgan fingerprint density at radius 3 is 2.79 bits per heavy atom. The Hall–Kier alpha value is -0.730. The molecule has 0 bridgehead atoms. The van der Waals surface area contributed by atoms with Gasteiger partial charge in [-0.3, -0.25) is 0 Å². The summed E-state index contributed by atoms with van der Waals surface area (Å²) in [5.41, 5.74) is 1.15. The second kappa shape index (κ2) is 7.76. The van der Waals surface area contributed by atoms with Gasteiger partial charge >= 0.3 is 0 Å². The monoisotopic (exact) mass is 281 g/mol. The van der Waals surface area contributed by atoms with E-state index in [-0.39, 0.29) is 0 Å². The SMILES string of the molecule is Cc1ccc(Cl)cc1OCCCCCCNC1CC1. The minimum atomic E-state index is 0.742. The number of nitrogens with one attached hydrogen (secondary N) is 1. The van der Waals surface area contributed by atoms with E-state index >= 15 is 0 Å². The van der Waals surface area contributed by atoms with Crippen LogP contribution in [0.25, 0.3) is 0 Å². The van der Waals surface area contributed by atoms with Crippen LogP contribution in [0.1, 0.15) is 44.1 Å². The van der Waals surface area contributed by atoms with Crippen LogP contribution >= 0.6 is 11.6 Å². The van der Waals surface area contributed by atoms with Gasteiger partial charge in [0.25, 0.3) is 0 Å². The molecule has 19 heavy (non-hydrogen) atoms. The van der Waals surface area contributed by atoms with Crippen LogP contribution in [-0.2, 0) is 0 Å². The van der Waals surface area contributed by atoms with E-state index in [0.717, 1.165) is 35.4 Å². The van der Waals surface area contributed by atoms with E-state index in [0.29, 0.717) is 0 Å². The fourth-order valence-corrected chi connectivity index (χ4v) is 2.25. The minimum absolute atomic E-state index is 0.742. The number of ether oxygens (including phenoxy) is 1. The number of hydrogen-bond acceptors (Lipinski definition) is 2. The van der Waals surface area contributed by atoms with Gasteiger partial charge in [0.2, 0.25) is 0 Å². The van der Waals surface area contributed by atoms with E-state index in [1.54, 1.807) is 0 Å². The minimum Gasteiger partial charge on any atom is -0.493 e. The average molecular weight is 282 g/mol. The first-order valence-corrected chi connectivity index (χ1v) is 7.76. The lowest BCUT2D eigenvalue weighted by molar-refractivity contribution is 0.302. The molecule has 0 amide bonds. The third kappa shape index (κ3) is 5.84. The number of halogens is 1. The van der Waals surface area contributed by atoms with Gasteiger partial charge in [0, 0.05) is 11.1 Å². The first-order valence-electron chi connectivity index (χ1n) is 7.38. The fourth-order valence-electron chi connectivity index (χ4n) is 2.09. The van der Waals surface area contributed by atoms with E-state index in [2.05, 4.69) is 12.2 Å². The highest BCUT2D eigenvalue weighted by molar-refractivity contribution is 6.30. The number of unbranched alkanes of at least 4 members (excludes halogenated alkanes) is 3. The molecule has 0 spiro atoms. The van der Waals surface area contributed by atoms with Crippen LogP contribution in [0.2, 0.25) is 5.02 Å². The third-order valence-corrected chi connectivity index (χ3v) is 3.72. The zero-order chi connectivity index (χ0) is 13.5. The Morgan fingerprint density at radius 1 is 1.21 bits per heavy atom. The number of hydrogen-bond donors (Lipinski definition) is 1. The van der Waals surface area contributed by atoms with Crippen molar-refractivity contribution in [2.24, 2.45) is 0 Å². The van der Waals surface area contributed by atoms with Crippen LogP contribution in [0, 0.1) is 6.92 Å². The Bertz CT molecular complexity index is 390. The number of rotatable bonds is 9. The molecule has 106 valence electrons. The molecule has 0 radical (unpaired) electrons. The van der Waals surface area contributed by atoms with Gasteiger partial charge in [-0.2, -0.15) is 0 Å². The molecule has 0 aromatic heterocycles. The summed E-state index contributed by atoms with van der Waals surface area (Å²) in [7, 11) is 0. The van der Waals surface area contributed by atoms with Gasteiger partial charge in [-0.1, -0.05) is 30.5 Å². The Balaban J connectivity index is 1.49.